The van der Waals surface area contributed by atoms with Crippen molar-refractivity contribution in [3.05, 3.63) is 34.2 Å². The Morgan fingerprint density at radius 3 is 2.58 bits per heavy atom. The highest BCUT2D eigenvalue weighted by Crippen LogP contribution is 2.29. The van der Waals surface area contributed by atoms with E-state index in [4.69, 9.17) is 4.74 Å². The average molecular weight is 478 g/mol. The Morgan fingerprint density at radius 1 is 1.09 bits per heavy atom. The van der Waals surface area contributed by atoms with Crippen molar-refractivity contribution in [3.8, 4) is 0 Å². The second-order valence-corrected chi connectivity index (χ2v) is 9.16. The number of hydrogen-bond donors (Lipinski definition) is 2. The molecule has 2 aliphatic heterocycles. The summed E-state index contributed by atoms with van der Waals surface area (Å²) in [7, 11) is 1.72. The van der Waals surface area contributed by atoms with Crippen LogP contribution in [-0.4, -0.2) is 70.8 Å². The molecule has 1 unspecified atom stereocenters. The number of nitrogens with zero attached hydrogens (tertiary/aromatic N) is 3. The molecule has 2 N–H and O–H groups in total. The first-order chi connectivity index (χ1) is 15.5. The second kappa shape index (κ2) is 9.97. The molecule has 0 radical (unpaired) electrons. The van der Waals surface area contributed by atoms with Crippen molar-refractivity contribution in [1.29, 1.82) is 0 Å². The predicted octanol–water partition coefficient (Wildman–Crippen LogP) is 0.735. The molecule has 1 aliphatic carbocycles. The van der Waals surface area contributed by atoms with Gasteiger partial charge in [-0.15, -0.1) is 12.4 Å². The van der Waals surface area contributed by atoms with E-state index in [1.54, 1.807) is 11.6 Å². The summed E-state index contributed by atoms with van der Waals surface area (Å²) in [5, 5.41) is 5.74. The monoisotopic (exact) mass is 477 g/mol. The summed E-state index contributed by atoms with van der Waals surface area (Å²) >= 11 is 0. The molecule has 1 aromatic carbocycles. The molecule has 33 heavy (non-hydrogen) atoms. The van der Waals surface area contributed by atoms with E-state index in [1.807, 2.05) is 18.2 Å². The molecule has 5 rings (SSSR count). The number of benzene rings is 1. The lowest BCUT2D eigenvalue weighted by Crippen LogP contribution is -2.54. The summed E-state index contributed by atoms with van der Waals surface area (Å²) in [6, 6.07) is 5.92. The molecule has 2 aromatic rings. The minimum Gasteiger partial charge on any atom is -0.378 e. The number of amides is 2. The third kappa shape index (κ3) is 4.73. The van der Waals surface area contributed by atoms with E-state index in [9.17, 15) is 14.4 Å². The SMILES string of the molecule is Cl.Cn1c(=O)n(C2CCC(=O)NC2=O)c2ccc(CCO[C@H]3C[C@@H](N4CCNCC4)C3)cc21. The number of carbonyl (C=O) groups excluding carboxylic acids is 2. The zero-order chi connectivity index (χ0) is 22.2. The van der Waals surface area contributed by atoms with Gasteiger partial charge in [0.2, 0.25) is 11.8 Å². The van der Waals surface area contributed by atoms with Gasteiger partial charge < -0.3 is 10.1 Å². The van der Waals surface area contributed by atoms with Crippen LogP contribution >= 0.6 is 12.4 Å². The third-order valence-corrected chi connectivity index (χ3v) is 7.16. The first kappa shape index (κ1) is 23.9. The number of piperazine rings is 1. The van der Waals surface area contributed by atoms with Gasteiger partial charge in [0.05, 0.1) is 23.7 Å². The van der Waals surface area contributed by atoms with Crippen LogP contribution < -0.4 is 16.3 Å². The smallest absolute Gasteiger partial charge is 0.329 e. The van der Waals surface area contributed by atoms with E-state index in [2.05, 4.69) is 15.5 Å². The number of imidazole rings is 1. The number of ether oxygens (including phenoxy) is 1. The van der Waals surface area contributed by atoms with Gasteiger partial charge in [0.1, 0.15) is 6.04 Å². The average Bonchev–Trinajstić information content (AvgIpc) is 3.00. The molecule has 2 amide bonds. The Morgan fingerprint density at radius 2 is 1.85 bits per heavy atom. The van der Waals surface area contributed by atoms with E-state index < -0.39 is 11.9 Å². The Hall–Kier alpha value is -2.20. The van der Waals surface area contributed by atoms with Crippen molar-refractivity contribution in [2.75, 3.05) is 32.8 Å². The number of halogens is 1. The van der Waals surface area contributed by atoms with Gasteiger partial charge in [-0.25, -0.2) is 4.79 Å². The minimum absolute atomic E-state index is 0. The van der Waals surface area contributed by atoms with Crippen LogP contribution in [-0.2, 0) is 27.8 Å². The van der Waals surface area contributed by atoms with Gasteiger partial charge in [0, 0.05) is 45.7 Å². The van der Waals surface area contributed by atoms with E-state index in [0.29, 0.717) is 25.2 Å². The highest BCUT2D eigenvalue weighted by Gasteiger charge is 2.34. The molecule has 3 fully saturated rings. The molecular formula is C23H32ClN5O4. The molecule has 0 bridgehead atoms. The molecule has 2 saturated heterocycles. The molecule has 3 heterocycles. The van der Waals surface area contributed by atoms with Crippen LogP contribution in [0.15, 0.2) is 23.0 Å². The molecule has 3 aliphatic rings. The Balaban J connectivity index is 0.00000259. The van der Waals surface area contributed by atoms with Crippen molar-refractivity contribution in [2.24, 2.45) is 7.05 Å². The lowest BCUT2D eigenvalue weighted by Gasteiger charge is -2.44. The number of nitrogens with one attached hydrogen (secondary N) is 2. The predicted molar refractivity (Wildman–Crippen MR) is 127 cm³/mol. The summed E-state index contributed by atoms with van der Waals surface area (Å²) < 4.78 is 9.19. The summed E-state index contributed by atoms with van der Waals surface area (Å²) in [4.78, 5) is 39.2. The fraction of sp³-hybridized carbons (Fsp3) is 0.609. The highest BCUT2D eigenvalue weighted by atomic mass is 35.5. The molecule has 0 spiro atoms. The lowest BCUT2D eigenvalue weighted by atomic mass is 9.87. The Bertz CT molecular complexity index is 1080. The Labute approximate surface area is 198 Å². The van der Waals surface area contributed by atoms with Crippen molar-refractivity contribution < 1.29 is 14.3 Å². The normalized spacial score (nSPS) is 26.0. The number of piperidine rings is 1. The molecule has 9 nitrogen and oxygen atoms in total. The number of imide groups is 1. The van der Waals surface area contributed by atoms with Gasteiger partial charge in [-0.05, 0) is 43.4 Å². The molecule has 180 valence electrons. The zero-order valence-corrected chi connectivity index (χ0v) is 19.7. The number of rotatable bonds is 6. The maximum absolute atomic E-state index is 12.9. The van der Waals surface area contributed by atoms with Crippen molar-refractivity contribution in [2.45, 2.75) is 50.3 Å². The van der Waals surface area contributed by atoms with Crippen molar-refractivity contribution in [3.63, 3.8) is 0 Å². The first-order valence-electron chi connectivity index (χ1n) is 11.6. The van der Waals surface area contributed by atoms with Crippen LogP contribution in [0, 0.1) is 0 Å². The number of hydrogen-bond acceptors (Lipinski definition) is 6. The lowest BCUT2D eigenvalue weighted by molar-refractivity contribution is -0.135. The van der Waals surface area contributed by atoms with Gasteiger partial charge in [-0.3, -0.25) is 28.9 Å². The Kier molecular flexibility index (Phi) is 7.23. The highest BCUT2D eigenvalue weighted by molar-refractivity contribution is 6.00. The molecular weight excluding hydrogens is 446 g/mol. The molecule has 1 atom stereocenters. The van der Waals surface area contributed by atoms with E-state index in [0.717, 1.165) is 62.0 Å². The van der Waals surface area contributed by atoms with Crippen LogP contribution in [0.3, 0.4) is 0 Å². The standard InChI is InChI=1S/C23H31N5O4.ClH/c1-26-20-12-15(6-11-32-17-13-16(14-17)27-9-7-24-8-10-27)2-3-18(20)28(23(26)31)19-4-5-21(29)25-22(19)30;/h2-3,12,16-17,19,24H,4-11,13-14H2,1H3,(H,25,29,30);1H/t16-,17+,19?;. The van der Waals surface area contributed by atoms with Gasteiger partial charge >= 0.3 is 5.69 Å². The fourth-order valence-electron chi connectivity index (χ4n) is 5.16. The maximum atomic E-state index is 12.9. The van der Waals surface area contributed by atoms with E-state index in [1.165, 1.54) is 4.57 Å². The molecule has 1 saturated carbocycles. The van der Waals surface area contributed by atoms with Crippen molar-refractivity contribution in [1.82, 2.24) is 24.7 Å². The summed E-state index contributed by atoms with van der Waals surface area (Å²) in [5.74, 6) is -0.694. The van der Waals surface area contributed by atoms with Crippen LogP contribution in [0.2, 0.25) is 0 Å². The number of carbonyl (C=O) groups is 2. The quantitative estimate of drug-likeness (QED) is 0.595. The zero-order valence-electron chi connectivity index (χ0n) is 18.9. The van der Waals surface area contributed by atoms with Crippen LogP contribution in [0.5, 0.6) is 0 Å². The summed E-state index contributed by atoms with van der Waals surface area (Å²) in [6.45, 7) is 5.09. The topological polar surface area (TPSA) is 97.6 Å². The van der Waals surface area contributed by atoms with E-state index in [-0.39, 0.29) is 30.4 Å². The number of aryl methyl sites for hydroxylation is 1. The fourth-order valence-corrected chi connectivity index (χ4v) is 5.16. The minimum atomic E-state index is -0.652. The van der Waals surface area contributed by atoms with Gasteiger partial charge in [-0.2, -0.15) is 0 Å². The summed E-state index contributed by atoms with van der Waals surface area (Å²) in [5.41, 5.74) is 2.37. The van der Waals surface area contributed by atoms with Crippen LogP contribution in [0.1, 0.15) is 37.3 Å². The summed E-state index contributed by atoms with van der Waals surface area (Å²) in [6.07, 6.45) is 3.94. The van der Waals surface area contributed by atoms with E-state index >= 15 is 0 Å². The number of fused-ring (bicyclic) bond motifs is 1. The van der Waals surface area contributed by atoms with Crippen LogP contribution in [0.25, 0.3) is 11.0 Å². The maximum Gasteiger partial charge on any atom is 0.329 e. The van der Waals surface area contributed by atoms with Gasteiger partial charge in [0.25, 0.3) is 0 Å². The number of aromatic nitrogens is 2. The second-order valence-electron chi connectivity index (χ2n) is 9.16. The van der Waals surface area contributed by atoms with Crippen LogP contribution in [0.4, 0.5) is 0 Å². The first-order valence-corrected chi connectivity index (χ1v) is 11.6. The van der Waals surface area contributed by atoms with Gasteiger partial charge in [-0.1, -0.05) is 6.07 Å². The van der Waals surface area contributed by atoms with Crippen molar-refractivity contribution >= 4 is 35.3 Å². The molecule has 10 heteroatoms. The largest absolute Gasteiger partial charge is 0.378 e. The molecule has 1 aromatic heterocycles. The third-order valence-electron chi connectivity index (χ3n) is 7.16. The van der Waals surface area contributed by atoms with Gasteiger partial charge in [0.15, 0.2) is 0 Å².